The quantitative estimate of drug-likeness (QED) is 0.190. The highest BCUT2D eigenvalue weighted by molar-refractivity contribution is 6.15. The van der Waals surface area contributed by atoms with Crippen LogP contribution in [-0.4, -0.2) is 0 Å². The van der Waals surface area contributed by atoms with E-state index in [4.69, 9.17) is 4.42 Å². The predicted octanol–water partition coefficient (Wildman–Crippen LogP) is 13.3. The molecule has 0 spiro atoms. The molecule has 1 aromatic heterocycles. The molecule has 7 aromatic carbocycles. The summed E-state index contributed by atoms with van der Waals surface area (Å²) in [7, 11) is 0. The molecule has 8 aromatic rings. The molecule has 0 fully saturated rings. The SMILES string of the molecule is CC1(C)c2ccccc2-c2ccc(N(c3ccc(-c4ccccc4)cc3)c3cccc4oc5cc6c(cc5c34)C(C)(C)c3ccccc3-6)cc21. The lowest BCUT2D eigenvalue weighted by Crippen LogP contribution is -2.16. The van der Waals surface area contributed by atoms with Gasteiger partial charge < -0.3 is 9.32 Å². The second-order valence-electron chi connectivity index (χ2n) is 15.0. The van der Waals surface area contributed by atoms with Crippen LogP contribution in [0.1, 0.15) is 49.9 Å². The van der Waals surface area contributed by atoms with Crippen molar-refractivity contribution in [1.29, 1.82) is 0 Å². The zero-order valence-corrected chi connectivity index (χ0v) is 28.8. The Labute approximate surface area is 293 Å². The summed E-state index contributed by atoms with van der Waals surface area (Å²) in [5.41, 5.74) is 18.0. The van der Waals surface area contributed by atoms with Gasteiger partial charge in [-0.05, 0) is 104 Å². The van der Waals surface area contributed by atoms with Crippen LogP contribution in [0.2, 0.25) is 0 Å². The smallest absolute Gasteiger partial charge is 0.137 e. The van der Waals surface area contributed by atoms with Gasteiger partial charge in [-0.1, -0.05) is 131 Å². The van der Waals surface area contributed by atoms with Crippen molar-refractivity contribution in [1.82, 2.24) is 0 Å². The highest BCUT2D eigenvalue weighted by Gasteiger charge is 2.37. The average molecular weight is 644 g/mol. The Bertz CT molecular complexity index is 2640. The highest BCUT2D eigenvalue weighted by atomic mass is 16.3. The van der Waals surface area contributed by atoms with Crippen LogP contribution in [0, 0.1) is 0 Å². The second kappa shape index (κ2) is 10.3. The van der Waals surface area contributed by atoms with Crippen molar-refractivity contribution in [3.63, 3.8) is 0 Å². The number of furan rings is 1. The average Bonchev–Trinajstić information content (AvgIpc) is 3.71. The molecule has 0 bridgehead atoms. The van der Waals surface area contributed by atoms with Gasteiger partial charge in [-0.2, -0.15) is 0 Å². The summed E-state index contributed by atoms with van der Waals surface area (Å²) in [4.78, 5) is 2.43. The zero-order valence-electron chi connectivity index (χ0n) is 28.8. The van der Waals surface area contributed by atoms with Crippen LogP contribution in [-0.2, 0) is 10.8 Å². The summed E-state index contributed by atoms with van der Waals surface area (Å²) in [5.74, 6) is 0. The van der Waals surface area contributed by atoms with E-state index in [0.29, 0.717) is 0 Å². The Morgan fingerprint density at radius 2 is 1.00 bits per heavy atom. The van der Waals surface area contributed by atoms with Crippen LogP contribution in [0.5, 0.6) is 0 Å². The summed E-state index contributed by atoms with van der Waals surface area (Å²) in [6, 6.07) is 55.5. The molecule has 240 valence electrons. The number of fused-ring (bicyclic) bond motifs is 9. The summed E-state index contributed by atoms with van der Waals surface area (Å²) < 4.78 is 6.72. The van der Waals surface area contributed by atoms with E-state index in [1.54, 1.807) is 0 Å². The lowest BCUT2D eigenvalue weighted by molar-refractivity contribution is 0.657. The van der Waals surface area contributed by atoms with E-state index in [1.165, 1.54) is 55.6 Å². The van der Waals surface area contributed by atoms with Gasteiger partial charge >= 0.3 is 0 Å². The Morgan fingerprint density at radius 1 is 0.420 bits per heavy atom. The molecule has 2 nitrogen and oxygen atoms in total. The molecule has 10 rings (SSSR count). The van der Waals surface area contributed by atoms with E-state index in [-0.39, 0.29) is 10.8 Å². The molecule has 50 heavy (non-hydrogen) atoms. The molecule has 0 atom stereocenters. The van der Waals surface area contributed by atoms with Crippen LogP contribution in [0.4, 0.5) is 17.1 Å². The lowest BCUT2D eigenvalue weighted by Gasteiger charge is -2.29. The van der Waals surface area contributed by atoms with Crippen LogP contribution in [0.3, 0.4) is 0 Å². The molecule has 1 heterocycles. The Kier molecular flexibility index (Phi) is 6.01. The number of benzene rings is 7. The molecular weight excluding hydrogens is 607 g/mol. The van der Waals surface area contributed by atoms with Crippen molar-refractivity contribution >= 4 is 39.0 Å². The van der Waals surface area contributed by atoms with Crippen molar-refractivity contribution in [2.45, 2.75) is 38.5 Å². The first-order chi connectivity index (χ1) is 24.3. The normalized spacial score (nSPS) is 14.7. The third kappa shape index (κ3) is 4.02. The number of hydrogen-bond donors (Lipinski definition) is 0. The van der Waals surface area contributed by atoms with Crippen LogP contribution >= 0.6 is 0 Å². The molecule has 2 aliphatic carbocycles. The number of nitrogens with zero attached hydrogens (tertiary/aromatic N) is 1. The predicted molar refractivity (Wildman–Crippen MR) is 209 cm³/mol. The van der Waals surface area contributed by atoms with Gasteiger partial charge in [0.15, 0.2) is 0 Å². The maximum atomic E-state index is 6.72. The first kappa shape index (κ1) is 29.1. The fourth-order valence-electron chi connectivity index (χ4n) is 8.88. The fraction of sp³-hybridized carbons (Fsp3) is 0.125. The molecule has 2 heteroatoms. The van der Waals surface area contributed by atoms with E-state index in [1.807, 2.05) is 0 Å². The van der Waals surface area contributed by atoms with Gasteiger partial charge in [-0.15, -0.1) is 0 Å². The Morgan fingerprint density at radius 3 is 1.72 bits per heavy atom. The third-order valence-corrected chi connectivity index (χ3v) is 11.5. The first-order valence-electron chi connectivity index (χ1n) is 17.6. The molecule has 0 aliphatic heterocycles. The monoisotopic (exact) mass is 643 g/mol. The second-order valence-corrected chi connectivity index (χ2v) is 15.0. The highest BCUT2D eigenvalue weighted by Crippen LogP contribution is 2.54. The first-order valence-corrected chi connectivity index (χ1v) is 17.6. The molecule has 0 amide bonds. The third-order valence-electron chi connectivity index (χ3n) is 11.5. The summed E-state index contributed by atoms with van der Waals surface area (Å²) in [6.07, 6.45) is 0. The lowest BCUT2D eigenvalue weighted by atomic mass is 9.82. The molecule has 0 saturated heterocycles. The molecular formula is C48H37NO. The number of anilines is 3. The topological polar surface area (TPSA) is 16.4 Å². The van der Waals surface area contributed by atoms with Gasteiger partial charge in [0, 0.05) is 27.6 Å². The van der Waals surface area contributed by atoms with E-state index in [2.05, 4.69) is 184 Å². The molecule has 0 unspecified atom stereocenters. The van der Waals surface area contributed by atoms with Crippen molar-refractivity contribution in [3.05, 3.63) is 174 Å². The molecule has 0 radical (unpaired) electrons. The molecule has 0 N–H and O–H groups in total. The van der Waals surface area contributed by atoms with Crippen LogP contribution < -0.4 is 4.90 Å². The van der Waals surface area contributed by atoms with Gasteiger partial charge in [0.2, 0.25) is 0 Å². The summed E-state index contributed by atoms with van der Waals surface area (Å²) in [6.45, 7) is 9.39. The van der Waals surface area contributed by atoms with E-state index in [0.717, 1.165) is 39.0 Å². The molecule has 0 saturated carbocycles. The van der Waals surface area contributed by atoms with Crippen molar-refractivity contribution < 1.29 is 4.42 Å². The zero-order chi connectivity index (χ0) is 33.8. The van der Waals surface area contributed by atoms with Crippen molar-refractivity contribution in [2.75, 3.05) is 4.90 Å². The van der Waals surface area contributed by atoms with Gasteiger partial charge in [-0.25, -0.2) is 0 Å². The fourth-order valence-corrected chi connectivity index (χ4v) is 8.88. The Balaban J connectivity index is 1.21. The van der Waals surface area contributed by atoms with Gasteiger partial charge in [-0.3, -0.25) is 0 Å². The number of hydrogen-bond acceptors (Lipinski definition) is 2. The van der Waals surface area contributed by atoms with E-state index >= 15 is 0 Å². The maximum absolute atomic E-state index is 6.72. The van der Waals surface area contributed by atoms with Gasteiger partial charge in [0.25, 0.3) is 0 Å². The largest absolute Gasteiger partial charge is 0.456 e. The summed E-state index contributed by atoms with van der Waals surface area (Å²) >= 11 is 0. The summed E-state index contributed by atoms with van der Waals surface area (Å²) in [5, 5.41) is 2.28. The standard InChI is InChI=1S/C48H37NO/c1-47(2)39-17-10-8-15-34(39)36-26-25-33(27-41(36)47)49(32-23-21-31(22-24-32)30-13-6-5-7-14-30)43-19-12-20-44-46(43)38-28-42-37(29-45(38)50-44)35-16-9-11-18-40(35)48(42,3)4/h5-29H,1-4H3. The van der Waals surface area contributed by atoms with Gasteiger partial charge in [0.1, 0.15) is 11.2 Å². The minimum absolute atomic E-state index is 0.105. The van der Waals surface area contributed by atoms with Crippen molar-refractivity contribution in [2.24, 2.45) is 0 Å². The maximum Gasteiger partial charge on any atom is 0.137 e. The van der Waals surface area contributed by atoms with Crippen LogP contribution in [0.25, 0.3) is 55.3 Å². The van der Waals surface area contributed by atoms with Crippen molar-refractivity contribution in [3.8, 4) is 33.4 Å². The molecule has 2 aliphatic rings. The van der Waals surface area contributed by atoms with Crippen LogP contribution in [0.15, 0.2) is 156 Å². The minimum Gasteiger partial charge on any atom is -0.456 e. The van der Waals surface area contributed by atoms with E-state index in [9.17, 15) is 0 Å². The minimum atomic E-state index is -0.111. The number of rotatable bonds is 4. The Hall–Kier alpha value is -5.86. The van der Waals surface area contributed by atoms with Gasteiger partial charge in [0.05, 0.1) is 11.1 Å². The van der Waals surface area contributed by atoms with E-state index < -0.39 is 0 Å².